The Morgan fingerprint density at radius 2 is 1.71 bits per heavy atom. The zero-order chi connectivity index (χ0) is 24.7. The Morgan fingerprint density at radius 3 is 2.29 bits per heavy atom. The first-order chi connectivity index (χ1) is 16.3. The van der Waals surface area contributed by atoms with Crippen LogP contribution in [0.4, 0.5) is 5.69 Å². The molecule has 0 spiro atoms. The maximum atomic E-state index is 12.2. The summed E-state index contributed by atoms with van der Waals surface area (Å²) in [5.41, 5.74) is 2.31. The molecule has 0 heterocycles. The van der Waals surface area contributed by atoms with Gasteiger partial charge in [0.2, 0.25) is 0 Å². The molecule has 1 atom stereocenters. The van der Waals surface area contributed by atoms with E-state index in [0.717, 1.165) is 5.56 Å². The highest BCUT2D eigenvalue weighted by Gasteiger charge is 2.23. The molecular formula is C25H19Cl4N3O2. The van der Waals surface area contributed by atoms with Crippen molar-refractivity contribution in [2.75, 3.05) is 18.2 Å². The number of halogens is 4. The molecule has 1 unspecified atom stereocenters. The number of carbonyl (C=O) groups is 1. The van der Waals surface area contributed by atoms with Crippen molar-refractivity contribution < 1.29 is 9.53 Å². The average molecular weight is 535 g/mol. The SMILES string of the molecule is CCOC(=O)CN(N=Cc1ccccc1)c1cc(Cl)c(C(C#N)c2ccc(Cl)c(Cl)c2)c(Cl)c1. The standard InChI is InChI=1S/C25H19Cl4N3O2/c1-2-34-24(33)15-32(31-14-16-6-4-3-5-7-16)18-11-22(28)25(23(29)12-18)19(13-30)17-8-9-20(26)21(27)10-17/h3-12,14,19H,2,15H2,1H3. The lowest BCUT2D eigenvalue weighted by Gasteiger charge is -2.21. The second-order valence-corrected chi connectivity index (χ2v) is 8.71. The monoisotopic (exact) mass is 533 g/mol. The Morgan fingerprint density at radius 1 is 1.03 bits per heavy atom. The highest BCUT2D eigenvalue weighted by Crippen LogP contribution is 2.40. The van der Waals surface area contributed by atoms with Gasteiger partial charge in [-0.3, -0.25) is 9.80 Å². The molecule has 0 bridgehead atoms. The van der Waals surface area contributed by atoms with Crippen LogP contribution in [0, 0.1) is 11.3 Å². The van der Waals surface area contributed by atoms with Crippen molar-refractivity contribution in [3.8, 4) is 6.07 Å². The number of hydrazone groups is 1. The quantitative estimate of drug-likeness (QED) is 0.172. The van der Waals surface area contributed by atoms with E-state index in [2.05, 4.69) is 11.2 Å². The van der Waals surface area contributed by atoms with Gasteiger partial charge < -0.3 is 4.74 Å². The van der Waals surface area contributed by atoms with Crippen LogP contribution in [0.5, 0.6) is 0 Å². The lowest BCUT2D eigenvalue weighted by molar-refractivity contribution is -0.141. The summed E-state index contributed by atoms with van der Waals surface area (Å²) < 4.78 is 5.08. The van der Waals surface area contributed by atoms with Crippen molar-refractivity contribution in [3.05, 3.63) is 97.4 Å². The van der Waals surface area contributed by atoms with Gasteiger partial charge in [-0.1, -0.05) is 82.8 Å². The van der Waals surface area contributed by atoms with E-state index in [1.807, 2.05) is 30.3 Å². The Balaban J connectivity index is 2.00. The number of nitrogens with zero attached hydrogens (tertiary/aromatic N) is 3. The summed E-state index contributed by atoms with van der Waals surface area (Å²) in [6.07, 6.45) is 1.61. The Hall–Kier alpha value is -2.75. The third-order valence-electron chi connectivity index (χ3n) is 4.79. The number of hydrogen-bond acceptors (Lipinski definition) is 5. The molecule has 0 aromatic heterocycles. The van der Waals surface area contributed by atoms with Crippen molar-refractivity contribution >= 4 is 64.3 Å². The largest absolute Gasteiger partial charge is 0.465 e. The fraction of sp³-hybridized carbons (Fsp3) is 0.160. The summed E-state index contributed by atoms with van der Waals surface area (Å²) in [5.74, 6) is -1.25. The predicted octanol–water partition coefficient (Wildman–Crippen LogP) is 7.36. The fourth-order valence-corrected chi connectivity index (χ4v) is 4.20. The predicted molar refractivity (Wildman–Crippen MR) is 138 cm³/mol. The third-order valence-corrected chi connectivity index (χ3v) is 6.15. The van der Waals surface area contributed by atoms with Gasteiger partial charge in [-0.15, -0.1) is 0 Å². The summed E-state index contributed by atoms with van der Waals surface area (Å²) in [7, 11) is 0. The van der Waals surface area contributed by atoms with Crippen LogP contribution in [0.15, 0.2) is 65.8 Å². The number of esters is 1. The van der Waals surface area contributed by atoms with Gasteiger partial charge in [-0.05, 0) is 42.3 Å². The van der Waals surface area contributed by atoms with Crippen molar-refractivity contribution in [1.82, 2.24) is 0 Å². The van der Waals surface area contributed by atoms with Gasteiger partial charge in [-0.2, -0.15) is 10.4 Å². The fourth-order valence-electron chi connectivity index (χ4n) is 3.20. The highest BCUT2D eigenvalue weighted by molar-refractivity contribution is 6.42. The molecule has 34 heavy (non-hydrogen) atoms. The van der Waals surface area contributed by atoms with Gasteiger partial charge in [0.15, 0.2) is 0 Å². The van der Waals surface area contributed by atoms with Crippen LogP contribution in [-0.2, 0) is 9.53 Å². The van der Waals surface area contributed by atoms with E-state index < -0.39 is 11.9 Å². The minimum atomic E-state index is -0.782. The number of ether oxygens (including phenoxy) is 1. The molecule has 0 fully saturated rings. The van der Waals surface area contributed by atoms with Crippen LogP contribution in [0.3, 0.4) is 0 Å². The first-order valence-corrected chi connectivity index (χ1v) is 11.7. The van der Waals surface area contributed by atoms with Gasteiger partial charge in [-0.25, -0.2) is 0 Å². The molecule has 0 aliphatic carbocycles. The minimum Gasteiger partial charge on any atom is -0.465 e. The lowest BCUT2D eigenvalue weighted by atomic mass is 9.92. The second kappa shape index (κ2) is 12.1. The maximum absolute atomic E-state index is 12.2. The van der Waals surface area contributed by atoms with Crippen molar-refractivity contribution in [1.29, 1.82) is 5.26 Å². The number of anilines is 1. The van der Waals surface area contributed by atoms with Crippen LogP contribution in [0.2, 0.25) is 20.1 Å². The van der Waals surface area contributed by atoms with Crippen LogP contribution in [0.25, 0.3) is 0 Å². The molecule has 0 aliphatic heterocycles. The average Bonchev–Trinajstić information content (AvgIpc) is 2.81. The van der Waals surface area contributed by atoms with E-state index in [9.17, 15) is 10.1 Å². The van der Waals surface area contributed by atoms with E-state index in [1.54, 1.807) is 43.5 Å². The number of hydrogen-bond donors (Lipinski definition) is 0. The zero-order valence-electron chi connectivity index (χ0n) is 18.0. The summed E-state index contributed by atoms with van der Waals surface area (Å²) in [5, 5.41) is 16.9. The van der Waals surface area contributed by atoms with Crippen LogP contribution in [-0.4, -0.2) is 25.3 Å². The molecule has 3 rings (SSSR count). The van der Waals surface area contributed by atoms with Crippen LogP contribution < -0.4 is 5.01 Å². The first kappa shape index (κ1) is 25.9. The number of benzene rings is 3. The number of carbonyl (C=O) groups excluding carboxylic acids is 1. The normalized spacial score (nSPS) is 11.8. The van der Waals surface area contributed by atoms with Gasteiger partial charge in [0, 0.05) is 15.6 Å². The van der Waals surface area contributed by atoms with Gasteiger partial charge >= 0.3 is 5.97 Å². The highest BCUT2D eigenvalue weighted by atomic mass is 35.5. The van der Waals surface area contributed by atoms with E-state index in [0.29, 0.717) is 26.9 Å². The van der Waals surface area contributed by atoms with Crippen LogP contribution >= 0.6 is 46.4 Å². The van der Waals surface area contributed by atoms with Gasteiger partial charge in [0.25, 0.3) is 0 Å². The summed E-state index contributed by atoms with van der Waals surface area (Å²) >= 11 is 25.3. The molecule has 0 amide bonds. The summed E-state index contributed by atoms with van der Waals surface area (Å²) in [4.78, 5) is 12.2. The van der Waals surface area contributed by atoms with Gasteiger partial charge in [0.05, 0.1) is 40.5 Å². The number of rotatable bonds is 8. The number of nitriles is 1. The Bertz CT molecular complexity index is 1220. The Kier molecular flexibility index (Phi) is 9.20. The zero-order valence-corrected chi connectivity index (χ0v) is 21.0. The van der Waals surface area contributed by atoms with Crippen molar-refractivity contribution in [3.63, 3.8) is 0 Å². The molecule has 5 nitrogen and oxygen atoms in total. The lowest BCUT2D eigenvalue weighted by Crippen LogP contribution is -2.26. The summed E-state index contributed by atoms with van der Waals surface area (Å²) in [6, 6.07) is 19.7. The molecule has 3 aromatic carbocycles. The summed E-state index contributed by atoms with van der Waals surface area (Å²) in [6.45, 7) is 1.81. The van der Waals surface area contributed by atoms with Crippen molar-refractivity contribution in [2.45, 2.75) is 12.8 Å². The van der Waals surface area contributed by atoms with Crippen LogP contribution in [0.1, 0.15) is 29.5 Å². The smallest absolute Gasteiger partial charge is 0.327 e. The molecule has 0 saturated carbocycles. The topological polar surface area (TPSA) is 65.7 Å². The molecule has 9 heteroatoms. The molecule has 0 N–H and O–H groups in total. The first-order valence-electron chi connectivity index (χ1n) is 10.2. The molecule has 3 aromatic rings. The Labute approximate surface area is 218 Å². The molecule has 0 radical (unpaired) electrons. The van der Waals surface area contributed by atoms with Crippen molar-refractivity contribution in [2.24, 2.45) is 5.10 Å². The molecule has 174 valence electrons. The van der Waals surface area contributed by atoms with Gasteiger partial charge in [0.1, 0.15) is 6.54 Å². The van der Waals surface area contributed by atoms with E-state index in [-0.39, 0.29) is 23.2 Å². The second-order valence-electron chi connectivity index (χ2n) is 7.08. The van der Waals surface area contributed by atoms with E-state index in [1.165, 1.54) is 5.01 Å². The minimum absolute atomic E-state index is 0.155. The molecule has 0 saturated heterocycles. The van der Waals surface area contributed by atoms with E-state index >= 15 is 0 Å². The maximum Gasteiger partial charge on any atom is 0.327 e. The third kappa shape index (κ3) is 6.43. The molecular weight excluding hydrogens is 516 g/mol. The molecule has 0 aliphatic rings. The van der Waals surface area contributed by atoms with E-state index in [4.69, 9.17) is 51.1 Å².